The number of hydrogen-bond donors (Lipinski definition) is 1. The number of benzene rings is 2. The third-order valence-corrected chi connectivity index (χ3v) is 9.96. The summed E-state index contributed by atoms with van der Waals surface area (Å²) in [5.74, 6) is 0.359. The first-order valence-electron chi connectivity index (χ1n) is 13.8. The Morgan fingerprint density at radius 3 is 2.61 bits per heavy atom. The predicted octanol–water partition coefficient (Wildman–Crippen LogP) is 6.45. The van der Waals surface area contributed by atoms with Crippen LogP contribution in [0.25, 0.3) is 0 Å². The number of hydrogen-bond acceptors (Lipinski definition) is 7. The van der Waals surface area contributed by atoms with Crippen molar-refractivity contribution >= 4 is 34.0 Å². The summed E-state index contributed by atoms with van der Waals surface area (Å²) in [6.45, 7) is 2.51. The summed E-state index contributed by atoms with van der Waals surface area (Å²) >= 11 is 2.79. The number of carbonyl (C=O) groups excluding carboxylic acids is 1. The second-order valence-electron chi connectivity index (χ2n) is 10.5. The highest BCUT2D eigenvalue weighted by molar-refractivity contribution is 8.00. The smallest absolute Gasteiger partial charge is 0.235 e. The Morgan fingerprint density at radius 1 is 1.07 bits per heavy atom. The molecular formula is C33H29N5OS2. The fourth-order valence-corrected chi connectivity index (χ4v) is 7.81. The molecule has 0 saturated heterocycles. The number of anilines is 1. The van der Waals surface area contributed by atoms with Crippen LogP contribution in [0.15, 0.2) is 71.8 Å². The summed E-state index contributed by atoms with van der Waals surface area (Å²) in [6.07, 6.45) is 3.54. The summed E-state index contributed by atoms with van der Waals surface area (Å²) in [7, 11) is 0. The molecular weight excluding hydrogens is 547 g/mol. The summed E-state index contributed by atoms with van der Waals surface area (Å²) in [4.78, 5) is 21.4. The largest absolute Gasteiger partial charge is 0.316 e. The van der Waals surface area contributed by atoms with Gasteiger partial charge in [-0.15, -0.1) is 11.3 Å². The van der Waals surface area contributed by atoms with Crippen molar-refractivity contribution in [2.45, 2.75) is 49.7 Å². The molecule has 2 aliphatic rings. The number of nitrogens with one attached hydrogen (secondary N) is 1. The fraction of sp³-hybridized carbons (Fsp3) is 0.273. The molecule has 41 heavy (non-hydrogen) atoms. The summed E-state index contributed by atoms with van der Waals surface area (Å²) in [5.41, 5.74) is 6.89. The maximum atomic E-state index is 13.0. The Balaban J connectivity index is 1.11. The van der Waals surface area contributed by atoms with Crippen molar-refractivity contribution < 1.29 is 4.79 Å². The van der Waals surface area contributed by atoms with Gasteiger partial charge < -0.3 is 5.32 Å². The molecule has 8 heteroatoms. The predicted molar refractivity (Wildman–Crippen MR) is 163 cm³/mol. The van der Waals surface area contributed by atoms with Gasteiger partial charge >= 0.3 is 0 Å². The number of carbonyl (C=O) groups is 1. The molecule has 4 aromatic rings. The molecule has 204 valence electrons. The van der Waals surface area contributed by atoms with E-state index in [1.807, 2.05) is 18.2 Å². The minimum absolute atomic E-state index is 0.126. The highest BCUT2D eigenvalue weighted by Crippen LogP contribution is 2.38. The molecule has 0 saturated carbocycles. The van der Waals surface area contributed by atoms with E-state index in [0.717, 1.165) is 67.0 Å². The van der Waals surface area contributed by atoms with Crippen molar-refractivity contribution in [1.29, 1.82) is 10.5 Å². The van der Waals surface area contributed by atoms with Crippen LogP contribution in [0.5, 0.6) is 0 Å². The Morgan fingerprint density at radius 2 is 1.85 bits per heavy atom. The highest BCUT2D eigenvalue weighted by atomic mass is 32.2. The molecule has 0 bridgehead atoms. The first kappa shape index (κ1) is 27.2. The molecule has 3 heterocycles. The molecule has 1 N–H and O–H groups in total. The minimum Gasteiger partial charge on any atom is -0.316 e. The zero-order chi connectivity index (χ0) is 28.2. The van der Waals surface area contributed by atoms with Gasteiger partial charge in [0.05, 0.1) is 16.9 Å². The van der Waals surface area contributed by atoms with Crippen LogP contribution >= 0.6 is 23.1 Å². The van der Waals surface area contributed by atoms with Gasteiger partial charge in [0.25, 0.3) is 0 Å². The van der Waals surface area contributed by atoms with Gasteiger partial charge in [-0.3, -0.25) is 9.69 Å². The van der Waals surface area contributed by atoms with E-state index in [4.69, 9.17) is 4.98 Å². The Labute approximate surface area is 248 Å². The molecule has 6 rings (SSSR count). The first-order chi connectivity index (χ1) is 20.1. The number of aryl methyl sites for hydroxylation is 1. The molecule has 2 aromatic carbocycles. The van der Waals surface area contributed by atoms with Gasteiger partial charge in [0, 0.05) is 30.2 Å². The van der Waals surface area contributed by atoms with Crippen LogP contribution < -0.4 is 5.32 Å². The van der Waals surface area contributed by atoms with Crippen LogP contribution in [0.3, 0.4) is 0 Å². The Hall–Kier alpha value is -3.95. The van der Waals surface area contributed by atoms with Gasteiger partial charge in [0.15, 0.2) is 0 Å². The molecule has 6 nitrogen and oxygen atoms in total. The third kappa shape index (κ3) is 6.06. The van der Waals surface area contributed by atoms with Crippen LogP contribution in [0.2, 0.25) is 0 Å². The number of nitriles is 2. The maximum absolute atomic E-state index is 13.0. The van der Waals surface area contributed by atoms with E-state index in [0.29, 0.717) is 27.1 Å². The second-order valence-corrected chi connectivity index (χ2v) is 12.6. The topological polar surface area (TPSA) is 92.8 Å². The first-order valence-corrected chi connectivity index (χ1v) is 15.6. The van der Waals surface area contributed by atoms with E-state index in [1.165, 1.54) is 34.2 Å². The van der Waals surface area contributed by atoms with Crippen LogP contribution in [-0.4, -0.2) is 28.1 Å². The molecule has 2 aromatic heterocycles. The average molecular weight is 576 g/mol. The molecule has 0 spiro atoms. The van der Waals surface area contributed by atoms with E-state index in [2.05, 4.69) is 70.9 Å². The molecule has 0 fully saturated rings. The van der Waals surface area contributed by atoms with Crippen molar-refractivity contribution in [3.63, 3.8) is 0 Å². The monoisotopic (exact) mass is 575 g/mol. The molecule has 1 aliphatic carbocycles. The second kappa shape index (κ2) is 12.3. The van der Waals surface area contributed by atoms with Crippen LogP contribution in [-0.2, 0) is 37.1 Å². The Kier molecular flexibility index (Phi) is 8.16. The van der Waals surface area contributed by atoms with Crippen molar-refractivity contribution in [1.82, 2.24) is 9.88 Å². The number of pyridine rings is 1. The maximum Gasteiger partial charge on any atom is 0.235 e. The lowest BCUT2D eigenvalue weighted by molar-refractivity contribution is -0.113. The van der Waals surface area contributed by atoms with E-state index in [-0.39, 0.29) is 11.7 Å². The zero-order valence-electron chi connectivity index (χ0n) is 22.6. The van der Waals surface area contributed by atoms with Crippen molar-refractivity contribution in [2.75, 3.05) is 17.6 Å². The van der Waals surface area contributed by atoms with Crippen LogP contribution in [0.4, 0.5) is 5.00 Å². The zero-order valence-corrected chi connectivity index (χ0v) is 24.2. The van der Waals surface area contributed by atoms with Gasteiger partial charge in [-0.2, -0.15) is 10.5 Å². The van der Waals surface area contributed by atoms with Gasteiger partial charge in [-0.25, -0.2) is 4.98 Å². The number of thioether (sulfide) groups is 1. The highest BCUT2D eigenvalue weighted by Gasteiger charge is 2.26. The van der Waals surface area contributed by atoms with Gasteiger partial charge in [0.2, 0.25) is 5.91 Å². The minimum atomic E-state index is -0.196. The number of aromatic nitrogens is 1. The van der Waals surface area contributed by atoms with Crippen molar-refractivity contribution in [3.8, 4) is 12.1 Å². The van der Waals surface area contributed by atoms with Crippen LogP contribution in [0, 0.1) is 22.7 Å². The molecule has 1 aliphatic heterocycles. The van der Waals surface area contributed by atoms with E-state index >= 15 is 0 Å². The normalized spacial score (nSPS) is 16.2. The fourth-order valence-electron chi connectivity index (χ4n) is 5.78. The van der Waals surface area contributed by atoms with Gasteiger partial charge in [-0.05, 0) is 59.9 Å². The van der Waals surface area contributed by atoms with E-state index in [9.17, 15) is 15.3 Å². The molecule has 1 amide bonds. The summed E-state index contributed by atoms with van der Waals surface area (Å²) in [6, 6.07) is 27.5. The lowest BCUT2D eigenvalue weighted by Crippen LogP contribution is -2.29. The summed E-state index contributed by atoms with van der Waals surface area (Å²) < 4.78 is 0. The lowest BCUT2D eigenvalue weighted by Gasteiger charge is -2.26. The van der Waals surface area contributed by atoms with Gasteiger partial charge in [0.1, 0.15) is 22.2 Å². The number of fused-ring (bicyclic) bond motifs is 2. The van der Waals surface area contributed by atoms with E-state index < -0.39 is 0 Å². The molecule has 0 radical (unpaired) electrons. The third-order valence-electron chi connectivity index (χ3n) is 7.83. The van der Waals surface area contributed by atoms with Crippen LogP contribution in [0.1, 0.15) is 56.3 Å². The standard InChI is InChI=1S/C33H29N5OS2/c34-17-26-16-25-15-24(23-9-5-2-6-10-23)11-12-29(25)36-32(26)40-21-31(39)37-33-28(18-35)27-13-14-38(20-30(27)41-33)19-22-7-3-1-4-8-22/h1-10,16,24H,11-15,19-21H2,(H,37,39). The van der Waals surface area contributed by atoms with E-state index in [1.54, 1.807) is 0 Å². The van der Waals surface area contributed by atoms with Crippen molar-refractivity contribution in [3.05, 3.63) is 111 Å². The van der Waals surface area contributed by atoms with Gasteiger partial charge in [-0.1, -0.05) is 72.4 Å². The quantitative estimate of drug-likeness (QED) is 0.255. The van der Waals surface area contributed by atoms with Crippen molar-refractivity contribution in [2.24, 2.45) is 0 Å². The summed E-state index contributed by atoms with van der Waals surface area (Å²) in [5, 5.41) is 23.9. The lowest BCUT2D eigenvalue weighted by atomic mass is 9.82. The Bertz CT molecular complexity index is 1650. The SMILES string of the molecule is N#Cc1cc2c(nc1SCC(=O)Nc1sc3c(c1C#N)CCN(Cc1ccccc1)C3)CCC(c1ccccc1)C2. The average Bonchev–Trinajstić information content (AvgIpc) is 3.36. The molecule has 1 atom stereocenters. The number of thiophene rings is 1. The number of nitrogens with zero attached hydrogens (tertiary/aromatic N) is 4. The molecule has 1 unspecified atom stereocenters. The number of rotatable bonds is 7. The number of amides is 1.